The van der Waals surface area contributed by atoms with Crippen molar-refractivity contribution in [2.45, 2.75) is 18.6 Å². The number of para-hydroxylation sites is 2. The number of aromatic nitrogens is 2. The Hall–Kier alpha value is -3.11. The van der Waals surface area contributed by atoms with E-state index >= 15 is 0 Å². The third-order valence-corrected chi connectivity index (χ3v) is 6.13. The summed E-state index contributed by atoms with van der Waals surface area (Å²) in [7, 11) is 0. The molecule has 4 nitrogen and oxygen atoms in total. The highest BCUT2D eigenvalue weighted by atomic mass is 15.3. The average Bonchev–Trinajstić information content (AvgIpc) is 3.12. The molecule has 4 heterocycles. The number of fused-ring (bicyclic) bond motifs is 7. The number of nitrogens with zero attached hydrogens (tertiary/aromatic N) is 1. The second-order valence-electron chi connectivity index (χ2n) is 7.52. The first kappa shape index (κ1) is 15.0. The van der Waals surface area contributed by atoms with Gasteiger partial charge in [-0.15, -0.1) is 0 Å². The summed E-state index contributed by atoms with van der Waals surface area (Å²) in [4.78, 5) is 9.68. The van der Waals surface area contributed by atoms with E-state index in [2.05, 4.69) is 69.9 Å². The molecule has 0 fully saturated rings. The van der Waals surface area contributed by atoms with Crippen LogP contribution in [0.3, 0.4) is 0 Å². The van der Waals surface area contributed by atoms with Gasteiger partial charge < -0.3 is 10.3 Å². The van der Waals surface area contributed by atoms with Gasteiger partial charge in [-0.1, -0.05) is 36.4 Å². The first-order valence-electron chi connectivity index (χ1n) is 9.60. The number of rotatable bonds is 1. The highest BCUT2D eigenvalue weighted by Crippen LogP contribution is 2.38. The molecule has 2 aromatic heterocycles. The second-order valence-corrected chi connectivity index (χ2v) is 7.52. The van der Waals surface area contributed by atoms with E-state index in [4.69, 9.17) is 0 Å². The molecule has 0 saturated carbocycles. The summed E-state index contributed by atoms with van der Waals surface area (Å²) in [5.41, 5.74) is 7.96. The fourth-order valence-corrected chi connectivity index (χ4v) is 4.97. The number of nitrogens with one attached hydrogen (secondary N) is 3. The SMILES string of the molecule is c1cncc([C@@H]2Nc3ccccc3[C@H]3c4[nH]c5ccccc5c4CC[NH+]32)c1. The lowest BCUT2D eigenvalue weighted by Gasteiger charge is -2.43. The Morgan fingerprint density at radius 3 is 2.78 bits per heavy atom. The first-order valence-corrected chi connectivity index (χ1v) is 9.60. The highest BCUT2D eigenvalue weighted by molar-refractivity contribution is 5.85. The molecular weight excluding hydrogens is 332 g/mol. The van der Waals surface area contributed by atoms with Crippen LogP contribution in [0.25, 0.3) is 10.9 Å². The van der Waals surface area contributed by atoms with E-state index in [-0.39, 0.29) is 6.17 Å². The van der Waals surface area contributed by atoms with Gasteiger partial charge in [-0.3, -0.25) is 9.88 Å². The molecule has 4 aromatic rings. The largest absolute Gasteiger partial charge is 0.353 e. The van der Waals surface area contributed by atoms with E-state index in [1.165, 1.54) is 39.0 Å². The lowest BCUT2D eigenvalue weighted by atomic mass is 9.88. The molecule has 0 spiro atoms. The fraction of sp³-hybridized carbons (Fsp3) is 0.174. The monoisotopic (exact) mass is 353 g/mol. The van der Waals surface area contributed by atoms with E-state index in [1.807, 2.05) is 18.5 Å². The standard InChI is InChI=1S/C23H20N4/c1-3-9-19-16(7-1)17-11-13-27-22(21(17)25-19)18-8-2-4-10-20(18)26-23(27)15-6-5-12-24-14-15/h1-10,12,14,22-23,25-26H,11,13H2/p+1/t22-,23+/m0/s1. The van der Waals surface area contributed by atoms with Gasteiger partial charge in [0.2, 0.25) is 0 Å². The zero-order valence-electron chi connectivity index (χ0n) is 14.9. The van der Waals surface area contributed by atoms with Crippen molar-refractivity contribution in [1.29, 1.82) is 0 Å². The molecule has 0 saturated heterocycles. The van der Waals surface area contributed by atoms with Crippen molar-refractivity contribution in [3.63, 3.8) is 0 Å². The van der Waals surface area contributed by atoms with Gasteiger partial charge in [-0.25, -0.2) is 0 Å². The zero-order valence-corrected chi connectivity index (χ0v) is 14.9. The summed E-state index contributed by atoms with van der Waals surface area (Å²) in [5.74, 6) is 0. The molecular formula is C23H21N4+. The summed E-state index contributed by atoms with van der Waals surface area (Å²) >= 11 is 0. The molecule has 2 aliphatic heterocycles. The maximum absolute atomic E-state index is 4.37. The van der Waals surface area contributed by atoms with Crippen LogP contribution >= 0.6 is 0 Å². The highest BCUT2D eigenvalue weighted by Gasteiger charge is 2.44. The lowest BCUT2D eigenvalue weighted by Crippen LogP contribution is -3.15. The van der Waals surface area contributed by atoms with Gasteiger partial charge in [0, 0.05) is 46.5 Å². The van der Waals surface area contributed by atoms with Crippen molar-refractivity contribution in [3.8, 4) is 0 Å². The van der Waals surface area contributed by atoms with Crippen LogP contribution in [0.5, 0.6) is 0 Å². The van der Waals surface area contributed by atoms with Gasteiger partial charge in [-0.2, -0.15) is 0 Å². The lowest BCUT2D eigenvalue weighted by molar-refractivity contribution is -0.956. The molecule has 4 heteroatoms. The Kier molecular flexibility index (Phi) is 3.16. The third kappa shape index (κ3) is 2.17. The van der Waals surface area contributed by atoms with Crippen LogP contribution < -0.4 is 10.2 Å². The number of aromatic amines is 1. The van der Waals surface area contributed by atoms with Crippen LogP contribution in [0.2, 0.25) is 0 Å². The maximum atomic E-state index is 4.37. The first-order chi connectivity index (χ1) is 13.4. The van der Waals surface area contributed by atoms with E-state index in [9.17, 15) is 0 Å². The van der Waals surface area contributed by atoms with Crippen LogP contribution in [0.15, 0.2) is 73.1 Å². The molecule has 0 radical (unpaired) electrons. The van der Waals surface area contributed by atoms with Crippen LogP contribution in [0.4, 0.5) is 5.69 Å². The van der Waals surface area contributed by atoms with Crippen molar-refractivity contribution < 1.29 is 4.90 Å². The smallest absolute Gasteiger partial charge is 0.189 e. The number of hydrogen-bond acceptors (Lipinski definition) is 2. The molecule has 3 N–H and O–H groups in total. The fourth-order valence-electron chi connectivity index (χ4n) is 4.97. The van der Waals surface area contributed by atoms with Gasteiger partial charge in [-0.05, 0) is 29.8 Å². The van der Waals surface area contributed by atoms with Gasteiger partial charge >= 0.3 is 0 Å². The van der Waals surface area contributed by atoms with Crippen molar-refractivity contribution in [3.05, 3.63) is 95.4 Å². The molecule has 0 amide bonds. The van der Waals surface area contributed by atoms with Gasteiger partial charge in [0.1, 0.15) is 0 Å². The van der Waals surface area contributed by atoms with Crippen molar-refractivity contribution in [1.82, 2.24) is 9.97 Å². The average molecular weight is 353 g/mol. The molecule has 3 atom stereocenters. The summed E-state index contributed by atoms with van der Waals surface area (Å²) in [6, 6.07) is 22.0. The Morgan fingerprint density at radius 2 is 1.85 bits per heavy atom. The molecule has 6 rings (SSSR count). The number of quaternary nitrogens is 1. The number of anilines is 1. The van der Waals surface area contributed by atoms with Gasteiger partial charge in [0.05, 0.1) is 12.2 Å². The van der Waals surface area contributed by atoms with Crippen molar-refractivity contribution >= 4 is 16.6 Å². The van der Waals surface area contributed by atoms with E-state index in [0.29, 0.717) is 6.04 Å². The quantitative estimate of drug-likeness (QED) is 0.492. The predicted octanol–water partition coefficient (Wildman–Crippen LogP) is 3.22. The van der Waals surface area contributed by atoms with E-state index < -0.39 is 0 Å². The molecule has 0 aliphatic carbocycles. The number of benzene rings is 2. The number of H-pyrrole nitrogens is 1. The minimum Gasteiger partial charge on any atom is -0.353 e. The molecule has 1 unspecified atom stereocenters. The number of pyridine rings is 1. The Labute approximate surface area is 157 Å². The van der Waals surface area contributed by atoms with Crippen molar-refractivity contribution in [2.24, 2.45) is 0 Å². The Bertz CT molecular complexity index is 1130. The minimum atomic E-state index is 0.207. The molecule has 2 aromatic carbocycles. The summed E-state index contributed by atoms with van der Waals surface area (Å²) < 4.78 is 0. The van der Waals surface area contributed by atoms with Gasteiger partial charge in [0.15, 0.2) is 12.2 Å². The Morgan fingerprint density at radius 1 is 0.963 bits per heavy atom. The summed E-state index contributed by atoms with van der Waals surface area (Å²) in [5, 5.41) is 5.16. The number of hydrogen-bond donors (Lipinski definition) is 3. The minimum absolute atomic E-state index is 0.207. The van der Waals surface area contributed by atoms with Gasteiger partial charge in [0.25, 0.3) is 0 Å². The third-order valence-electron chi connectivity index (χ3n) is 6.13. The molecule has 2 aliphatic rings. The van der Waals surface area contributed by atoms with Crippen LogP contribution in [0, 0.1) is 0 Å². The predicted molar refractivity (Wildman–Crippen MR) is 107 cm³/mol. The normalized spacial score (nSPS) is 23.2. The molecule has 27 heavy (non-hydrogen) atoms. The summed E-state index contributed by atoms with van der Waals surface area (Å²) in [6.45, 7) is 1.10. The maximum Gasteiger partial charge on any atom is 0.189 e. The van der Waals surface area contributed by atoms with Crippen LogP contribution in [-0.4, -0.2) is 16.5 Å². The Balaban J connectivity index is 1.58. The second kappa shape index (κ2) is 5.69. The van der Waals surface area contributed by atoms with E-state index in [0.717, 1.165) is 13.0 Å². The van der Waals surface area contributed by atoms with Crippen LogP contribution in [-0.2, 0) is 6.42 Å². The van der Waals surface area contributed by atoms with E-state index in [1.54, 1.807) is 4.90 Å². The topological polar surface area (TPSA) is 45.1 Å². The molecule has 132 valence electrons. The zero-order chi connectivity index (χ0) is 17.8. The van der Waals surface area contributed by atoms with Crippen molar-refractivity contribution in [2.75, 3.05) is 11.9 Å². The summed E-state index contributed by atoms with van der Waals surface area (Å²) in [6.07, 6.45) is 5.14. The van der Waals surface area contributed by atoms with Crippen LogP contribution in [0.1, 0.15) is 34.6 Å². The molecule has 0 bridgehead atoms.